The molecular formula is C11H12Cl2N6O. The molecule has 7 nitrogen and oxygen atoms in total. The van der Waals surface area contributed by atoms with Crippen LogP contribution in [-0.4, -0.2) is 50.2 Å². The van der Waals surface area contributed by atoms with Gasteiger partial charge in [-0.3, -0.25) is 9.88 Å². The van der Waals surface area contributed by atoms with E-state index in [1.54, 1.807) is 12.3 Å². The average molecular weight is 315 g/mol. The summed E-state index contributed by atoms with van der Waals surface area (Å²) in [6.45, 7) is 2.70. The predicted molar refractivity (Wildman–Crippen MR) is 72.4 cm³/mol. The van der Waals surface area contributed by atoms with Gasteiger partial charge in [0, 0.05) is 25.8 Å². The van der Waals surface area contributed by atoms with Gasteiger partial charge in [-0.2, -0.15) is 5.21 Å². The maximum Gasteiger partial charge on any atom is 0.204 e. The monoisotopic (exact) mass is 314 g/mol. The highest BCUT2D eigenvalue weighted by Gasteiger charge is 2.25. The predicted octanol–water partition coefficient (Wildman–Crippen LogP) is 1.47. The fourth-order valence-electron chi connectivity index (χ4n) is 2.08. The van der Waals surface area contributed by atoms with Gasteiger partial charge >= 0.3 is 0 Å². The highest BCUT2D eigenvalue weighted by atomic mass is 35.5. The Morgan fingerprint density at radius 1 is 1.45 bits per heavy atom. The molecule has 3 heterocycles. The third kappa shape index (κ3) is 3.06. The van der Waals surface area contributed by atoms with Crippen molar-refractivity contribution < 1.29 is 4.74 Å². The van der Waals surface area contributed by atoms with E-state index in [0.29, 0.717) is 35.6 Å². The van der Waals surface area contributed by atoms with E-state index in [2.05, 4.69) is 30.5 Å². The van der Waals surface area contributed by atoms with Crippen molar-refractivity contribution in [1.29, 1.82) is 0 Å². The van der Waals surface area contributed by atoms with E-state index in [4.69, 9.17) is 27.9 Å². The molecule has 1 saturated heterocycles. The van der Waals surface area contributed by atoms with Gasteiger partial charge in [0.25, 0.3) is 0 Å². The summed E-state index contributed by atoms with van der Waals surface area (Å²) in [5.41, 5.74) is 0.796. The zero-order chi connectivity index (χ0) is 13.9. The van der Waals surface area contributed by atoms with Crippen molar-refractivity contribution in [3.63, 3.8) is 0 Å². The number of tetrazole rings is 1. The number of pyridine rings is 1. The molecule has 0 spiro atoms. The first-order valence-corrected chi connectivity index (χ1v) is 6.85. The molecule has 1 fully saturated rings. The van der Waals surface area contributed by atoms with Crippen molar-refractivity contribution >= 4 is 23.2 Å². The lowest BCUT2D eigenvalue weighted by Crippen LogP contribution is -2.38. The van der Waals surface area contributed by atoms with Gasteiger partial charge in [0.05, 0.1) is 22.3 Å². The fraction of sp³-hybridized carbons (Fsp3) is 0.455. The summed E-state index contributed by atoms with van der Waals surface area (Å²) in [6, 6.07) is 1.70. The van der Waals surface area contributed by atoms with Gasteiger partial charge in [0.1, 0.15) is 6.10 Å². The molecule has 9 heteroatoms. The Labute approximate surface area is 125 Å². The Kier molecular flexibility index (Phi) is 4.11. The highest BCUT2D eigenvalue weighted by molar-refractivity contribution is 6.34. The van der Waals surface area contributed by atoms with Crippen molar-refractivity contribution in [2.45, 2.75) is 12.6 Å². The first-order chi connectivity index (χ1) is 9.72. The van der Waals surface area contributed by atoms with Crippen LogP contribution < -0.4 is 0 Å². The number of aromatic amines is 1. The van der Waals surface area contributed by atoms with Crippen LogP contribution in [0.5, 0.6) is 0 Å². The largest absolute Gasteiger partial charge is 0.367 e. The van der Waals surface area contributed by atoms with E-state index in [1.165, 1.54) is 0 Å². The summed E-state index contributed by atoms with van der Waals surface area (Å²) in [7, 11) is 0. The van der Waals surface area contributed by atoms with E-state index in [0.717, 1.165) is 12.2 Å². The van der Waals surface area contributed by atoms with Crippen LogP contribution in [0.3, 0.4) is 0 Å². The van der Waals surface area contributed by atoms with Gasteiger partial charge < -0.3 is 4.74 Å². The van der Waals surface area contributed by atoms with Crippen molar-refractivity contribution in [3.05, 3.63) is 33.8 Å². The average Bonchev–Trinajstić information content (AvgIpc) is 2.96. The van der Waals surface area contributed by atoms with Crippen LogP contribution in [0, 0.1) is 0 Å². The summed E-state index contributed by atoms with van der Waals surface area (Å²) in [5.74, 6) is 0.560. The summed E-state index contributed by atoms with van der Waals surface area (Å²) in [4.78, 5) is 6.45. The molecule has 1 aliphatic heterocycles. The molecule has 2 aromatic rings. The zero-order valence-corrected chi connectivity index (χ0v) is 12.0. The van der Waals surface area contributed by atoms with Crippen LogP contribution in [0.15, 0.2) is 12.3 Å². The SMILES string of the molecule is Clc1cnc(CN2CCOC(c3nn[nH]n3)C2)c(Cl)c1. The number of morpholine rings is 1. The van der Waals surface area contributed by atoms with Crippen LogP contribution in [0.2, 0.25) is 10.0 Å². The second kappa shape index (κ2) is 6.01. The van der Waals surface area contributed by atoms with Gasteiger partial charge in [0.15, 0.2) is 0 Å². The Bertz CT molecular complexity index is 578. The van der Waals surface area contributed by atoms with Gasteiger partial charge in [0.2, 0.25) is 5.82 Å². The number of aromatic nitrogens is 5. The standard InChI is InChI=1S/C11H12Cl2N6O/c12-7-3-8(13)9(14-4-7)5-19-1-2-20-10(6-19)11-15-17-18-16-11/h3-4,10H,1-2,5-6H2,(H,15,16,17,18). The van der Waals surface area contributed by atoms with Gasteiger partial charge in [-0.1, -0.05) is 28.4 Å². The maximum absolute atomic E-state index is 6.14. The molecule has 3 rings (SSSR count). The van der Waals surface area contributed by atoms with E-state index < -0.39 is 0 Å². The molecule has 106 valence electrons. The minimum Gasteiger partial charge on any atom is -0.367 e. The fourth-order valence-corrected chi connectivity index (χ4v) is 2.52. The lowest BCUT2D eigenvalue weighted by molar-refractivity contribution is -0.0375. The third-order valence-electron chi connectivity index (χ3n) is 3.06. The maximum atomic E-state index is 6.14. The number of ether oxygens (including phenoxy) is 1. The second-order valence-corrected chi connectivity index (χ2v) is 5.29. The first kappa shape index (κ1) is 13.7. The van der Waals surface area contributed by atoms with Crippen LogP contribution in [-0.2, 0) is 11.3 Å². The highest BCUT2D eigenvalue weighted by Crippen LogP contribution is 2.23. The van der Waals surface area contributed by atoms with Crippen molar-refractivity contribution in [2.75, 3.05) is 19.7 Å². The summed E-state index contributed by atoms with van der Waals surface area (Å²) in [6.07, 6.45) is 1.41. The summed E-state index contributed by atoms with van der Waals surface area (Å²) >= 11 is 12.0. The van der Waals surface area contributed by atoms with Gasteiger partial charge in [-0.05, 0) is 6.07 Å². The third-order valence-corrected chi connectivity index (χ3v) is 3.59. The van der Waals surface area contributed by atoms with E-state index >= 15 is 0 Å². The molecule has 2 aromatic heterocycles. The first-order valence-electron chi connectivity index (χ1n) is 6.09. The molecule has 1 atom stereocenters. The molecule has 0 saturated carbocycles. The Morgan fingerprint density at radius 2 is 2.35 bits per heavy atom. The van der Waals surface area contributed by atoms with E-state index in [1.807, 2.05) is 0 Å². The molecular weight excluding hydrogens is 303 g/mol. The van der Waals surface area contributed by atoms with E-state index in [-0.39, 0.29) is 6.10 Å². The number of H-pyrrole nitrogens is 1. The van der Waals surface area contributed by atoms with Crippen LogP contribution in [0.1, 0.15) is 17.6 Å². The van der Waals surface area contributed by atoms with Crippen molar-refractivity contribution in [3.8, 4) is 0 Å². The Hall–Kier alpha value is -1.28. The molecule has 1 aliphatic rings. The summed E-state index contributed by atoms with van der Waals surface area (Å²) in [5, 5.41) is 15.0. The number of nitrogens with zero attached hydrogens (tertiary/aromatic N) is 5. The minimum absolute atomic E-state index is 0.187. The number of nitrogens with one attached hydrogen (secondary N) is 1. The summed E-state index contributed by atoms with van der Waals surface area (Å²) < 4.78 is 5.64. The van der Waals surface area contributed by atoms with Crippen LogP contribution in [0.4, 0.5) is 0 Å². The second-order valence-electron chi connectivity index (χ2n) is 4.45. The molecule has 0 bridgehead atoms. The number of hydrogen-bond acceptors (Lipinski definition) is 6. The zero-order valence-electron chi connectivity index (χ0n) is 10.5. The molecule has 1 N–H and O–H groups in total. The lowest BCUT2D eigenvalue weighted by atomic mass is 10.2. The molecule has 0 aromatic carbocycles. The molecule has 0 amide bonds. The van der Waals surface area contributed by atoms with Crippen molar-refractivity contribution in [2.24, 2.45) is 0 Å². The lowest BCUT2D eigenvalue weighted by Gasteiger charge is -2.31. The smallest absolute Gasteiger partial charge is 0.204 e. The van der Waals surface area contributed by atoms with Crippen LogP contribution >= 0.6 is 23.2 Å². The molecule has 20 heavy (non-hydrogen) atoms. The quantitative estimate of drug-likeness (QED) is 0.924. The Morgan fingerprint density at radius 3 is 3.10 bits per heavy atom. The van der Waals surface area contributed by atoms with Crippen molar-refractivity contribution in [1.82, 2.24) is 30.5 Å². The Balaban J connectivity index is 1.68. The number of halogens is 2. The molecule has 0 radical (unpaired) electrons. The topological polar surface area (TPSA) is 79.8 Å². The number of rotatable bonds is 3. The molecule has 0 aliphatic carbocycles. The minimum atomic E-state index is -0.187. The van der Waals surface area contributed by atoms with Crippen LogP contribution in [0.25, 0.3) is 0 Å². The molecule has 1 unspecified atom stereocenters. The van der Waals surface area contributed by atoms with Gasteiger partial charge in [-0.15, -0.1) is 10.2 Å². The van der Waals surface area contributed by atoms with Gasteiger partial charge in [-0.25, -0.2) is 0 Å². The van der Waals surface area contributed by atoms with E-state index in [9.17, 15) is 0 Å². The number of hydrogen-bond donors (Lipinski definition) is 1. The normalized spacial score (nSPS) is 20.2.